The second kappa shape index (κ2) is 6.41. The zero-order valence-corrected chi connectivity index (χ0v) is 12.7. The molecule has 2 rings (SSSR count). The van der Waals surface area contributed by atoms with Crippen molar-refractivity contribution in [3.05, 3.63) is 5.82 Å². The number of nitrogens with one attached hydrogen (secondary N) is 1. The van der Waals surface area contributed by atoms with E-state index in [0.29, 0.717) is 17.7 Å². The fourth-order valence-electron chi connectivity index (χ4n) is 1.89. The first-order valence-corrected chi connectivity index (χ1v) is 7.95. The molecule has 0 aliphatic heterocycles. The van der Waals surface area contributed by atoms with Gasteiger partial charge in [-0.05, 0) is 19.3 Å². The minimum atomic E-state index is 0.102. The molecule has 1 N–H and O–H groups in total. The first kappa shape index (κ1) is 14.4. The van der Waals surface area contributed by atoms with Crippen LogP contribution in [0.1, 0.15) is 51.8 Å². The summed E-state index contributed by atoms with van der Waals surface area (Å²) in [4.78, 5) is 11.7. The van der Waals surface area contributed by atoms with Crippen LogP contribution in [0, 0.1) is 0 Å². The quantitative estimate of drug-likeness (QED) is 0.779. The van der Waals surface area contributed by atoms with Gasteiger partial charge in [-0.2, -0.15) is 0 Å². The molecule has 1 aromatic rings. The summed E-state index contributed by atoms with van der Waals surface area (Å²) >= 11 is 1.48. The van der Waals surface area contributed by atoms with Gasteiger partial charge in [0.2, 0.25) is 5.91 Å². The lowest BCUT2D eigenvalue weighted by molar-refractivity contribution is -0.118. The van der Waals surface area contributed by atoms with Crippen molar-refractivity contribution in [1.29, 1.82) is 0 Å². The Bertz CT molecular complexity index is 440. The molecule has 0 saturated heterocycles. The van der Waals surface area contributed by atoms with E-state index >= 15 is 0 Å². The van der Waals surface area contributed by atoms with Crippen LogP contribution in [0.2, 0.25) is 0 Å². The van der Waals surface area contributed by atoms with E-state index < -0.39 is 0 Å². The third kappa shape index (κ3) is 3.96. The highest BCUT2D eigenvalue weighted by Crippen LogP contribution is 2.23. The van der Waals surface area contributed by atoms with Crippen LogP contribution in [-0.4, -0.2) is 32.5 Å². The van der Waals surface area contributed by atoms with Crippen molar-refractivity contribution in [2.75, 3.05) is 5.75 Å². The maximum atomic E-state index is 11.7. The molecule has 5 nitrogen and oxygen atoms in total. The molecular formula is C13H22N4OS. The van der Waals surface area contributed by atoms with Gasteiger partial charge in [-0.1, -0.05) is 32.5 Å². The van der Waals surface area contributed by atoms with Crippen molar-refractivity contribution >= 4 is 17.7 Å². The van der Waals surface area contributed by atoms with Gasteiger partial charge >= 0.3 is 0 Å². The number of carbonyl (C=O) groups excluding carboxylic acids is 1. The maximum Gasteiger partial charge on any atom is 0.230 e. The predicted molar refractivity (Wildman–Crippen MR) is 76.3 cm³/mol. The van der Waals surface area contributed by atoms with Crippen molar-refractivity contribution in [3.63, 3.8) is 0 Å². The van der Waals surface area contributed by atoms with Gasteiger partial charge in [0.1, 0.15) is 5.82 Å². The Morgan fingerprint density at radius 1 is 1.47 bits per heavy atom. The molecular weight excluding hydrogens is 260 g/mol. The maximum absolute atomic E-state index is 11.7. The number of thioether (sulfide) groups is 1. The van der Waals surface area contributed by atoms with Crippen molar-refractivity contribution in [2.24, 2.45) is 0 Å². The van der Waals surface area contributed by atoms with Gasteiger partial charge in [-0.25, -0.2) is 0 Å². The van der Waals surface area contributed by atoms with Crippen LogP contribution >= 0.6 is 11.8 Å². The topological polar surface area (TPSA) is 59.8 Å². The summed E-state index contributed by atoms with van der Waals surface area (Å²) in [5.41, 5.74) is 0. The average molecular weight is 282 g/mol. The molecule has 0 atom stereocenters. The van der Waals surface area contributed by atoms with Crippen LogP contribution in [0.15, 0.2) is 5.16 Å². The minimum Gasteiger partial charge on any atom is -0.353 e. The van der Waals surface area contributed by atoms with Crippen molar-refractivity contribution in [2.45, 2.75) is 63.7 Å². The Labute approximate surface area is 118 Å². The molecule has 106 valence electrons. The standard InChI is InChI=1S/C13H22N4OS/c1-4-7-17-12(9(2)3)15-16-13(17)19-8-11(18)14-10-5-6-10/h9-10H,4-8H2,1-3H3,(H,14,18). The van der Waals surface area contributed by atoms with E-state index in [-0.39, 0.29) is 5.91 Å². The van der Waals surface area contributed by atoms with Crippen molar-refractivity contribution < 1.29 is 4.79 Å². The van der Waals surface area contributed by atoms with Gasteiger partial charge in [-0.3, -0.25) is 4.79 Å². The van der Waals surface area contributed by atoms with Crippen molar-refractivity contribution in [3.8, 4) is 0 Å². The Morgan fingerprint density at radius 2 is 2.21 bits per heavy atom. The second-order valence-electron chi connectivity index (χ2n) is 5.28. The molecule has 6 heteroatoms. The summed E-state index contributed by atoms with van der Waals surface area (Å²) in [6.45, 7) is 7.28. The molecule has 0 aromatic carbocycles. The molecule has 1 aliphatic carbocycles. The highest BCUT2D eigenvalue weighted by molar-refractivity contribution is 7.99. The molecule has 1 fully saturated rings. The fourth-order valence-corrected chi connectivity index (χ4v) is 2.68. The van der Waals surface area contributed by atoms with Gasteiger partial charge in [0.15, 0.2) is 5.16 Å². The Kier molecular flexibility index (Phi) is 4.85. The number of aromatic nitrogens is 3. The van der Waals surface area contributed by atoms with Gasteiger partial charge < -0.3 is 9.88 Å². The van der Waals surface area contributed by atoms with Crippen LogP contribution in [-0.2, 0) is 11.3 Å². The number of nitrogens with zero attached hydrogens (tertiary/aromatic N) is 3. The van der Waals surface area contributed by atoms with Crippen LogP contribution < -0.4 is 5.32 Å². The Morgan fingerprint density at radius 3 is 2.79 bits per heavy atom. The van der Waals surface area contributed by atoms with Crippen LogP contribution in [0.5, 0.6) is 0 Å². The van der Waals surface area contributed by atoms with Gasteiger partial charge in [0.05, 0.1) is 5.75 Å². The molecule has 0 unspecified atom stereocenters. The van der Waals surface area contributed by atoms with Gasteiger partial charge in [-0.15, -0.1) is 10.2 Å². The molecule has 1 aliphatic rings. The van der Waals surface area contributed by atoms with Gasteiger partial charge in [0.25, 0.3) is 0 Å². The highest BCUT2D eigenvalue weighted by Gasteiger charge is 2.23. The molecule has 1 amide bonds. The van der Waals surface area contributed by atoms with Gasteiger partial charge in [0, 0.05) is 18.5 Å². The van der Waals surface area contributed by atoms with Crippen LogP contribution in [0.3, 0.4) is 0 Å². The summed E-state index contributed by atoms with van der Waals surface area (Å²) < 4.78 is 2.14. The van der Waals surface area contributed by atoms with E-state index in [4.69, 9.17) is 0 Å². The third-order valence-electron chi connectivity index (χ3n) is 2.98. The lowest BCUT2D eigenvalue weighted by Crippen LogP contribution is -2.27. The SMILES string of the molecule is CCCn1c(SCC(=O)NC2CC2)nnc1C(C)C. The molecule has 0 spiro atoms. The van der Waals surface area contributed by atoms with E-state index in [0.717, 1.165) is 36.8 Å². The van der Waals surface area contributed by atoms with E-state index in [9.17, 15) is 4.79 Å². The van der Waals surface area contributed by atoms with Crippen molar-refractivity contribution in [1.82, 2.24) is 20.1 Å². The molecule has 1 heterocycles. The van der Waals surface area contributed by atoms with E-state index in [1.54, 1.807) is 0 Å². The number of rotatable bonds is 7. The number of hydrogen-bond acceptors (Lipinski definition) is 4. The van der Waals surface area contributed by atoms with Crippen LogP contribution in [0.4, 0.5) is 0 Å². The van der Waals surface area contributed by atoms with E-state index in [2.05, 4.69) is 40.9 Å². The highest BCUT2D eigenvalue weighted by atomic mass is 32.2. The molecule has 1 aromatic heterocycles. The predicted octanol–water partition coefficient (Wildman–Crippen LogP) is 2.18. The molecule has 0 radical (unpaired) electrons. The zero-order valence-electron chi connectivity index (χ0n) is 11.8. The summed E-state index contributed by atoms with van der Waals surface area (Å²) in [5.74, 6) is 1.89. The first-order chi connectivity index (χ1) is 9.11. The number of amides is 1. The first-order valence-electron chi connectivity index (χ1n) is 6.97. The third-order valence-corrected chi connectivity index (χ3v) is 3.95. The summed E-state index contributed by atoms with van der Waals surface area (Å²) in [5, 5.41) is 12.3. The fraction of sp³-hybridized carbons (Fsp3) is 0.769. The summed E-state index contributed by atoms with van der Waals surface area (Å²) in [6, 6.07) is 0.424. The number of carbonyl (C=O) groups is 1. The lowest BCUT2D eigenvalue weighted by atomic mass is 10.2. The average Bonchev–Trinajstić information content (AvgIpc) is 3.06. The summed E-state index contributed by atoms with van der Waals surface area (Å²) in [7, 11) is 0. The number of hydrogen-bond donors (Lipinski definition) is 1. The Hall–Kier alpha value is -1.04. The Balaban J connectivity index is 1.96. The molecule has 1 saturated carbocycles. The monoisotopic (exact) mass is 282 g/mol. The van der Waals surface area contributed by atoms with Crippen LogP contribution in [0.25, 0.3) is 0 Å². The second-order valence-corrected chi connectivity index (χ2v) is 6.22. The lowest BCUT2D eigenvalue weighted by Gasteiger charge is -2.10. The zero-order chi connectivity index (χ0) is 13.8. The summed E-state index contributed by atoms with van der Waals surface area (Å²) in [6.07, 6.45) is 3.29. The van der Waals surface area contributed by atoms with E-state index in [1.165, 1.54) is 11.8 Å². The normalized spacial score (nSPS) is 14.9. The molecule has 19 heavy (non-hydrogen) atoms. The minimum absolute atomic E-state index is 0.102. The molecule has 0 bridgehead atoms. The smallest absolute Gasteiger partial charge is 0.230 e. The van der Waals surface area contributed by atoms with E-state index in [1.807, 2.05) is 0 Å². The largest absolute Gasteiger partial charge is 0.353 e.